The van der Waals surface area contributed by atoms with Gasteiger partial charge in [0, 0.05) is 19.5 Å². The average molecular weight is 414 g/mol. The first kappa shape index (κ1) is 20.6. The fraction of sp³-hybridized carbons (Fsp3) is 0.190. The van der Waals surface area contributed by atoms with Gasteiger partial charge < -0.3 is 10.4 Å². The van der Waals surface area contributed by atoms with Crippen LogP contribution in [0, 0.1) is 5.82 Å². The highest BCUT2D eigenvalue weighted by Crippen LogP contribution is 2.32. The molecule has 3 amide bonds. The molecule has 8 heteroatoms. The van der Waals surface area contributed by atoms with Gasteiger partial charge in [-0.05, 0) is 59.7 Å². The number of phenols is 1. The molecule has 0 aromatic heterocycles. The van der Waals surface area contributed by atoms with Crippen LogP contribution < -0.4 is 5.32 Å². The van der Waals surface area contributed by atoms with Crippen molar-refractivity contribution in [2.75, 3.05) is 13.1 Å². The topological polar surface area (TPSA) is 86.7 Å². The van der Waals surface area contributed by atoms with Gasteiger partial charge >= 0.3 is 0 Å². The Bertz CT molecular complexity index is 959. The zero-order chi connectivity index (χ0) is 20.8. The number of thioether (sulfide) groups is 1. The summed E-state index contributed by atoms with van der Waals surface area (Å²) >= 11 is 0.774. The van der Waals surface area contributed by atoms with Crippen molar-refractivity contribution in [2.45, 2.75) is 12.8 Å². The van der Waals surface area contributed by atoms with E-state index in [1.165, 1.54) is 24.3 Å². The molecule has 1 fully saturated rings. The van der Waals surface area contributed by atoms with E-state index >= 15 is 0 Å². The summed E-state index contributed by atoms with van der Waals surface area (Å²) in [7, 11) is 0. The van der Waals surface area contributed by atoms with Crippen LogP contribution in [-0.4, -0.2) is 40.1 Å². The summed E-state index contributed by atoms with van der Waals surface area (Å²) in [4.78, 5) is 37.7. The SMILES string of the molecule is O=C(CCN1C(=O)S/C(=C\c2cccc(F)c2)C1=O)NCCc1ccc(O)cc1. The Balaban J connectivity index is 1.48. The van der Waals surface area contributed by atoms with Gasteiger partial charge in [0.2, 0.25) is 5.91 Å². The molecule has 150 valence electrons. The number of carbonyl (C=O) groups is 3. The smallest absolute Gasteiger partial charge is 0.293 e. The second-order valence-corrected chi connectivity index (χ2v) is 7.40. The number of imide groups is 1. The number of amides is 3. The molecule has 2 N–H and O–H groups in total. The summed E-state index contributed by atoms with van der Waals surface area (Å²) in [5.74, 6) is -0.999. The summed E-state index contributed by atoms with van der Waals surface area (Å²) in [5, 5.41) is 11.5. The normalized spacial score (nSPS) is 15.2. The van der Waals surface area contributed by atoms with Crippen molar-refractivity contribution < 1.29 is 23.9 Å². The van der Waals surface area contributed by atoms with E-state index < -0.39 is 17.0 Å². The highest BCUT2D eigenvalue weighted by molar-refractivity contribution is 8.18. The summed E-state index contributed by atoms with van der Waals surface area (Å²) < 4.78 is 13.3. The van der Waals surface area contributed by atoms with E-state index in [1.807, 2.05) is 0 Å². The van der Waals surface area contributed by atoms with E-state index in [2.05, 4.69) is 5.32 Å². The molecule has 29 heavy (non-hydrogen) atoms. The van der Waals surface area contributed by atoms with Crippen LogP contribution in [-0.2, 0) is 16.0 Å². The van der Waals surface area contributed by atoms with Gasteiger partial charge in [-0.25, -0.2) is 4.39 Å². The third kappa shape index (κ3) is 5.68. The maximum absolute atomic E-state index is 13.3. The lowest BCUT2D eigenvalue weighted by Crippen LogP contribution is -2.34. The molecule has 0 unspecified atom stereocenters. The number of hydrogen-bond donors (Lipinski definition) is 2. The Hall–Kier alpha value is -3.13. The summed E-state index contributed by atoms with van der Waals surface area (Å²) in [5.41, 5.74) is 1.46. The summed E-state index contributed by atoms with van der Waals surface area (Å²) in [6, 6.07) is 12.4. The fourth-order valence-corrected chi connectivity index (χ4v) is 3.62. The first-order chi connectivity index (χ1) is 13.9. The molecule has 1 aliphatic rings. The molecule has 0 atom stereocenters. The van der Waals surface area contributed by atoms with Gasteiger partial charge in [0.25, 0.3) is 11.1 Å². The highest BCUT2D eigenvalue weighted by atomic mass is 32.2. The molecule has 1 heterocycles. The summed E-state index contributed by atoms with van der Waals surface area (Å²) in [6.45, 7) is 0.390. The quantitative estimate of drug-likeness (QED) is 0.679. The number of carbonyl (C=O) groups excluding carboxylic acids is 3. The van der Waals surface area contributed by atoms with Crippen molar-refractivity contribution in [3.8, 4) is 5.75 Å². The molecule has 0 saturated carbocycles. The lowest BCUT2D eigenvalue weighted by molar-refractivity contribution is -0.124. The number of aromatic hydroxyl groups is 1. The average Bonchev–Trinajstić information content (AvgIpc) is 2.94. The zero-order valence-electron chi connectivity index (χ0n) is 15.4. The molecule has 6 nitrogen and oxygen atoms in total. The molecular weight excluding hydrogens is 395 g/mol. The maximum Gasteiger partial charge on any atom is 0.293 e. The minimum Gasteiger partial charge on any atom is -0.508 e. The predicted octanol–water partition coefficient (Wildman–Crippen LogP) is 3.32. The molecule has 1 aliphatic heterocycles. The monoisotopic (exact) mass is 414 g/mol. The zero-order valence-corrected chi connectivity index (χ0v) is 16.2. The first-order valence-electron chi connectivity index (χ1n) is 8.98. The number of nitrogens with zero attached hydrogens (tertiary/aromatic N) is 1. The van der Waals surface area contributed by atoms with Gasteiger partial charge in [-0.1, -0.05) is 24.3 Å². The Labute approximate surface area is 171 Å². The molecule has 2 aromatic carbocycles. The second kappa shape index (κ2) is 9.38. The number of hydrogen-bond acceptors (Lipinski definition) is 5. The van der Waals surface area contributed by atoms with Crippen LogP contribution in [0.5, 0.6) is 5.75 Å². The largest absolute Gasteiger partial charge is 0.508 e. The van der Waals surface area contributed by atoms with Gasteiger partial charge in [-0.2, -0.15) is 0 Å². The minimum absolute atomic E-state index is 0.000856. The van der Waals surface area contributed by atoms with Crippen molar-refractivity contribution in [1.82, 2.24) is 10.2 Å². The number of nitrogens with one attached hydrogen (secondary N) is 1. The fourth-order valence-electron chi connectivity index (χ4n) is 2.75. The van der Waals surface area contributed by atoms with Gasteiger partial charge in [0.1, 0.15) is 11.6 Å². The van der Waals surface area contributed by atoms with Crippen LogP contribution in [0.2, 0.25) is 0 Å². The van der Waals surface area contributed by atoms with Gasteiger partial charge in [-0.3, -0.25) is 19.3 Å². The van der Waals surface area contributed by atoms with Crippen LogP contribution in [0.25, 0.3) is 6.08 Å². The van der Waals surface area contributed by atoms with Crippen LogP contribution in [0.3, 0.4) is 0 Å². The Morgan fingerprint density at radius 1 is 1.17 bits per heavy atom. The van der Waals surface area contributed by atoms with Crippen molar-refractivity contribution in [3.63, 3.8) is 0 Å². The van der Waals surface area contributed by atoms with Crippen LogP contribution >= 0.6 is 11.8 Å². The van der Waals surface area contributed by atoms with Gasteiger partial charge in [0.15, 0.2) is 0 Å². The predicted molar refractivity (Wildman–Crippen MR) is 109 cm³/mol. The first-order valence-corrected chi connectivity index (χ1v) is 9.79. The minimum atomic E-state index is -0.485. The number of benzene rings is 2. The Morgan fingerprint density at radius 2 is 1.93 bits per heavy atom. The molecular formula is C21H19FN2O4S. The van der Waals surface area contributed by atoms with Gasteiger partial charge in [0.05, 0.1) is 4.91 Å². The van der Waals surface area contributed by atoms with E-state index in [4.69, 9.17) is 0 Å². The van der Waals surface area contributed by atoms with E-state index in [9.17, 15) is 23.9 Å². The van der Waals surface area contributed by atoms with E-state index in [0.717, 1.165) is 22.2 Å². The molecule has 0 bridgehead atoms. The van der Waals surface area contributed by atoms with Crippen LogP contribution in [0.4, 0.5) is 9.18 Å². The molecule has 0 spiro atoms. The number of halogens is 1. The molecule has 0 aliphatic carbocycles. The molecule has 2 aromatic rings. The highest BCUT2D eigenvalue weighted by Gasteiger charge is 2.34. The lowest BCUT2D eigenvalue weighted by atomic mass is 10.1. The molecule has 0 radical (unpaired) electrons. The maximum atomic E-state index is 13.3. The third-order valence-corrected chi connectivity index (χ3v) is 5.16. The van der Waals surface area contributed by atoms with Crippen molar-refractivity contribution >= 4 is 34.9 Å². The Morgan fingerprint density at radius 3 is 2.66 bits per heavy atom. The van der Waals surface area contributed by atoms with Crippen LogP contribution in [0.15, 0.2) is 53.4 Å². The van der Waals surface area contributed by atoms with Crippen molar-refractivity contribution in [1.29, 1.82) is 0 Å². The Kier molecular flexibility index (Phi) is 6.66. The van der Waals surface area contributed by atoms with Crippen LogP contribution in [0.1, 0.15) is 17.5 Å². The van der Waals surface area contributed by atoms with Gasteiger partial charge in [-0.15, -0.1) is 0 Å². The van der Waals surface area contributed by atoms with Crippen molar-refractivity contribution in [2.24, 2.45) is 0 Å². The van der Waals surface area contributed by atoms with E-state index in [1.54, 1.807) is 30.3 Å². The summed E-state index contributed by atoms with van der Waals surface area (Å²) in [6.07, 6.45) is 2.07. The molecule has 1 saturated heterocycles. The van der Waals surface area contributed by atoms with E-state index in [0.29, 0.717) is 18.5 Å². The lowest BCUT2D eigenvalue weighted by Gasteiger charge is -2.12. The number of phenolic OH excluding ortho intramolecular Hbond substituents is 1. The molecule has 3 rings (SSSR count). The standard InChI is InChI=1S/C21H19FN2O4S/c22-16-3-1-2-15(12-16)13-18-20(27)24(21(28)29-18)11-9-19(26)23-10-8-14-4-6-17(25)7-5-14/h1-7,12-13,25H,8-11H2,(H,23,26)/b18-13-. The van der Waals surface area contributed by atoms with E-state index in [-0.39, 0.29) is 29.5 Å². The third-order valence-electron chi connectivity index (χ3n) is 4.25. The number of rotatable bonds is 7. The van der Waals surface area contributed by atoms with Crippen molar-refractivity contribution in [3.05, 3.63) is 70.4 Å². The second-order valence-electron chi connectivity index (χ2n) is 6.40.